The number of rotatable bonds is 7. The lowest BCUT2D eigenvalue weighted by atomic mass is 9.89. The molecule has 5 heteroatoms. The molecule has 1 saturated heterocycles. The molecule has 0 spiro atoms. The van der Waals surface area contributed by atoms with Crippen molar-refractivity contribution >= 4 is 11.7 Å². The number of carboxylic acids is 1. The lowest BCUT2D eigenvalue weighted by molar-refractivity contribution is -0.145. The van der Waals surface area contributed by atoms with Crippen LogP contribution in [-0.2, 0) is 20.9 Å². The Balaban J connectivity index is 1.64. The number of hydrogen-bond acceptors (Lipinski definition) is 4. The standard InChI is InChI=1S/C26H33NO4/c1-18-7-8-20(15-19(18)2)24-10-9-22(16-21(24)17-31-23-5-3-4-6-23)27-26(25(28)29)11-13-30-14-12-26/h7-10,15-16,23,27H,3-6,11-14,17H2,1-2H3,(H,28,29). The maximum atomic E-state index is 12.1. The van der Waals surface area contributed by atoms with Crippen molar-refractivity contribution in [3.63, 3.8) is 0 Å². The molecule has 2 aromatic rings. The Kier molecular flexibility index (Phi) is 6.63. The average molecular weight is 424 g/mol. The molecule has 2 aliphatic rings. The summed E-state index contributed by atoms with van der Waals surface area (Å²) in [7, 11) is 0. The third kappa shape index (κ3) is 4.94. The molecule has 2 fully saturated rings. The maximum Gasteiger partial charge on any atom is 0.329 e. The molecule has 1 saturated carbocycles. The van der Waals surface area contributed by atoms with Crippen LogP contribution in [0, 0.1) is 13.8 Å². The second-order valence-corrected chi connectivity index (χ2v) is 9.01. The van der Waals surface area contributed by atoms with Gasteiger partial charge >= 0.3 is 5.97 Å². The van der Waals surface area contributed by atoms with E-state index in [1.807, 2.05) is 6.07 Å². The molecule has 0 bridgehead atoms. The minimum atomic E-state index is -0.982. The zero-order chi connectivity index (χ0) is 21.8. The zero-order valence-electron chi connectivity index (χ0n) is 18.6. The Morgan fingerprint density at radius 2 is 1.84 bits per heavy atom. The van der Waals surface area contributed by atoms with Crippen LogP contribution in [0.3, 0.4) is 0 Å². The smallest absolute Gasteiger partial charge is 0.329 e. The monoisotopic (exact) mass is 423 g/mol. The summed E-state index contributed by atoms with van der Waals surface area (Å²) in [6, 6.07) is 12.7. The molecule has 31 heavy (non-hydrogen) atoms. The summed E-state index contributed by atoms with van der Waals surface area (Å²) >= 11 is 0. The van der Waals surface area contributed by atoms with E-state index in [0.29, 0.717) is 38.8 Å². The first-order valence-electron chi connectivity index (χ1n) is 11.4. The fourth-order valence-corrected chi connectivity index (χ4v) is 4.63. The zero-order valence-corrected chi connectivity index (χ0v) is 18.6. The van der Waals surface area contributed by atoms with E-state index in [2.05, 4.69) is 49.5 Å². The Morgan fingerprint density at radius 1 is 1.10 bits per heavy atom. The number of benzene rings is 2. The second kappa shape index (κ2) is 9.41. The van der Waals surface area contributed by atoms with E-state index in [1.54, 1.807) is 0 Å². The number of ether oxygens (including phenoxy) is 2. The van der Waals surface area contributed by atoms with Crippen molar-refractivity contribution in [3.8, 4) is 11.1 Å². The van der Waals surface area contributed by atoms with Gasteiger partial charge in [-0.3, -0.25) is 0 Å². The highest BCUT2D eigenvalue weighted by Gasteiger charge is 2.40. The van der Waals surface area contributed by atoms with Gasteiger partial charge in [-0.2, -0.15) is 0 Å². The molecule has 0 amide bonds. The van der Waals surface area contributed by atoms with Crippen molar-refractivity contribution in [2.24, 2.45) is 0 Å². The number of carboxylic acid groups (broad SMARTS) is 1. The average Bonchev–Trinajstić information content (AvgIpc) is 3.29. The van der Waals surface area contributed by atoms with Gasteiger partial charge in [0.15, 0.2) is 0 Å². The van der Waals surface area contributed by atoms with Gasteiger partial charge < -0.3 is 19.9 Å². The van der Waals surface area contributed by atoms with Crippen LogP contribution in [0.25, 0.3) is 11.1 Å². The van der Waals surface area contributed by atoms with Gasteiger partial charge in [0.2, 0.25) is 0 Å². The van der Waals surface area contributed by atoms with Crippen LogP contribution in [0.2, 0.25) is 0 Å². The van der Waals surface area contributed by atoms with Crippen molar-refractivity contribution in [2.75, 3.05) is 18.5 Å². The van der Waals surface area contributed by atoms with Crippen LogP contribution >= 0.6 is 0 Å². The molecule has 0 atom stereocenters. The van der Waals surface area contributed by atoms with E-state index in [4.69, 9.17) is 9.47 Å². The molecule has 1 heterocycles. The molecular weight excluding hydrogens is 390 g/mol. The SMILES string of the molecule is Cc1ccc(-c2ccc(NC3(C(=O)O)CCOCC3)cc2COC2CCCC2)cc1C. The van der Waals surface area contributed by atoms with Gasteiger partial charge in [0.25, 0.3) is 0 Å². The van der Waals surface area contributed by atoms with Gasteiger partial charge in [0.05, 0.1) is 12.7 Å². The van der Waals surface area contributed by atoms with Crippen molar-refractivity contribution in [1.82, 2.24) is 0 Å². The van der Waals surface area contributed by atoms with Crippen molar-refractivity contribution in [2.45, 2.75) is 70.6 Å². The third-order valence-electron chi connectivity index (χ3n) is 6.84. The van der Waals surface area contributed by atoms with Gasteiger partial charge in [-0.15, -0.1) is 0 Å². The molecule has 0 radical (unpaired) electrons. The highest BCUT2D eigenvalue weighted by atomic mass is 16.5. The van der Waals surface area contributed by atoms with Gasteiger partial charge in [-0.25, -0.2) is 4.79 Å². The fourth-order valence-electron chi connectivity index (χ4n) is 4.63. The van der Waals surface area contributed by atoms with E-state index in [-0.39, 0.29) is 0 Å². The first-order valence-corrected chi connectivity index (χ1v) is 11.4. The summed E-state index contributed by atoms with van der Waals surface area (Å²) in [5, 5.41) is 13.2. The summed E-state index contributed by atoms with van der Waals surface area (Å²) < 4.78 is 11.7. The Hall–Kier alpha value is -2.37. The van der Waals surface area contributed by atoms with Gasteiger partial charge in [0, 0.05) is 31.7 Å². The third-order valence-corrected chi connectivity index (χ3v) is 6.84. The molecule has 2 aromatic carbocycles. The first kappa shape index (κ1) is 21.8. The number of nitrogens with one attached hydrogen (secondary N) is 1. The molecule has 4 rings (SSSR count). The molecule has 166 valence electrons. The summed E-state index contributed by atoms with van der Waals surface area (Å²) in [5.74, 6) is -0.821. The Morgan fingerprint density at radius 3 is 2.52 bits per heavy atom. The minimum absolute atomic E-state index is 0.324. The van der Waals surface area contributed by atoms with E-state index >= 15 is 0 Å². The fraction of sp³-hybridized carbons (Fsp3) is 0.500. The number of anilines is 1. The summed E-state index contributed by atoms with van der Waals surface area (Å²) in [5.41, 5.74) is 5.77. The molecular formula is C26H33NO4. The largest absolute Gasteiger partial charge is 0.480 e. The molecule has 1 aliphatic carbocycles. The number of carbonyl (C=O) groups is 1. The van der Waals surface area contributed by atoms with Gasteiger partial charge in [0.1, 0.15) is 5.54 Å². The molecule has 5 nitrogen and oxygen atoms in total. The van der Waals surface area contributed by atoms with Crippen molar-refractivity contribution in [1.29, 1.82) is 0 Å². The van der Waals surface area contributed by atoms with Crippen LogP contribution in [0.5, 0.6) is 0 Å². The lowest BCUT2D eigenvalue weighted by Crippen LogP contribution is -2.50. The van der Waals surface area contributed by atoms with Gasteiger partial charge in [-0.05, 0) is 66.6 Å². The normalized spacial score (nSPS) is 18.8. The Labute approximate surface area is 184 Å². The number of aliphatic carboxylic acids is 1. The van der Waals surface area contributed by atoms with Crippen LogP contribution in [0.1, 0.15) is 55.2 Å². The van der Waals surface area contributed by atoms with Crippen LogP contribution in [0.4, 0.5) is 5.69 Å². The highest BCUT2D eigenvalue weighted by molar-refractivity contribution is 5.83. The molecule has 1 aliphatic heterocycles. The number of hydrogen-bond donors (Lipinski definition) is 2. The summed E-state index contributed by atoms with van der Waals surface area (Å²) in [6.45, 7) is 5.70. The second-order valence-electron chi connectivity index (χ2n) is 9.01. The topological polar surface area (TPSA) is 67.8 Å². The van der Waals surface area contributed by atoms with Crippen LogP contribution < -0.4 is 5.32 Å². The molecule has 0 aromatic heterocycles. The Bertz CT molecular complexity index is 927. The predicted octanol–water partition coefficient (Wildman–Crippen LogP) is 5.48. The van der Waals surface area contributed by atoms with E-state index in [9.17, 15) is 9.90 Å². The lowest BCUT2D eigenvalue weighted by Gasteiger charge is -2.35. The van der Waals surface area contributed by atoms with Crippen LogP contribution in [0.15, 0.2) is 36.4 Å². The van der Waals surface area contributed by atoms with Crippen molar-refractivity contribution < 1.29 is 19.4 Å². The van der Waals surface area contributed by atoms with Crippen LogP contribution in [-0.4, -0.2) is 35.9 Å². The number of aryl methyl sites for hydroxylation is 2. The summed E-state index contributed by atoms with van der Waals surface area (Å²) in [6.07, 6.45) is 5.95. The molecule has 0 unspecified atom stereocenters. The molecule has 2 N–H and O–H groups in total. The highest BCUT2D eigenvalue weighted by Crippen LogP contribution is 2.33. The van der Waals surface area contributed by atoms with E-state index in [0.717, 1.165) is 29.7 Å². The first-order chi connectivity index (χ1) is 15.0. The van der Waals surface area contributed by atoms with Crippen molar-refractivity contribution in [3.05, 3.63) is 53.1 Å². The minimum Gasteiger partial charge on any atom is -0.480 e. The summed E-state index contributed by atoms with van der Waals surface area (Å²) in [4.78, 5) is 12.1. The van der Waals surface area contributed by atoms with E-state index < -0.39 is 11.5 Å². The predicted molar refractivity (Wildman–Crippen MR) is 122 cm³/mol. The van der Waals surface area contributed by atoms with Gasteiger partial charge in [-0.1, -0.05) is 37.1 Å². The maximum absolute atomic E-state index is 12.1. The van der Waals surface area contributed by atoms with E-state index in [1.165, 1.54) is 29.5 Å². The quantitative estimate of drug-likeness (QED) is 0.618.